The number of methoxy groups -OCH3 is 4. The van der Waals surface area contributed by atoms with Gasteiger partial charge in [0.2, 0.25) is 11.8 Å². The van der Waals surface area contributed by atoms with Crippen LogP contribution in [-0.4, -0.2) is 72.2 Å². The monoisotopic (exact) mass is 655 g/mol. The molecule has 2 amide bonds. The van der Waals surface area contributed by atoms with Crippen LogP contribution in [0.25, 0.3) is 0 Å². The van der Waals surface area contributed by atoms with E-state index in [4.69, 9.17) is 18.9 Å². The second-order valence-corrected chi connectivity index (χ2v) is 12.6. The van der Waals surface area contributed by atoms with Gasteiger partial charge in [-0.05, 0) is 62.1 Å². The zero-order valence-corrected chi connectivity index (χ0v) is 28.6. The van der Waals surface area contributed by atoms with E-state index in [2.05, 4.69) is 5.32 Å². The minimum absolute atomic E-state index is 0.0814. The van der Waals surface area contributed by atoms with Gasteiger partial charge in [0.25, 0.3) is 10.0 Å². The van der Waals surface area contributed by atoms with Gasteiger partial charge in [-0.25, -0.2) is 8.42 Å². The number of hydrogen-bond acceptors (Lipinski definition) is 8. The molecule has 0 bridgehead atoms. The molecular weight excluding hydrogens is 610 g/mol. The first-order chi connectivity index (χ1) is 21.9. The Labute approximate surface area is 272 Å². The fourth-order valence-electron chi connectivity index (χ4n) is 4.94. The van der Waals surface area contributed by atoms with E-state index >= 15 is 0 Å². The summed E-state index contributed by atoms with van der Waals surface area (Å²) in [6.45, 7) is 7.05. The first kappa shape index (κ1) is 36.0. The molecule has 2 atom stereocenters. The predicted molar refractivity (Wildman–Crippen MR) is 177 cm³/mol. The number of nitrogens with zero attached hydrogens (tertiary/aromatic N) is 2. The standard InChI is InChI=1S/C34H45N3O8S/c1-9-24(4)35-34(39)28(10-2)36(21-25-14-12-11-13-23(25)3)33(38)22-37(29-19-26(42-5)15-17-30(29)43-6)46(40,41)27-16-18-31(44-7)32(20-27)45-8/h11-20,24,28H,9-10,21-22H2,1-8H3,(H,35,39). The third kappa shape index (κ3) is 8.22. The summed E-state index contributed by atoms with van der Waals surface area (Å²) in [7, 11) is 1.27. The van der Waals surface area contributed by atoms with Crippen LogP contribution in [-0.2, 0) is 26.2 Å². The number of aryl methyl sites for hydroxylation is 1. The SMILES string of the molecule is CCC(C)NC(=O)C(CC)N(Cc1ccccc1C)C(=O)CN(c1cc(OC)ccc1OC)S(=O)(=O)c1ccc(OC)c(OC)c1. The van der Waals surface area contributed by atoms with Crippen LogP contribution in [0.2, 0.25) is 0 Å². The van der Waals surface area contributed by atoms with Crippen LogP contribution >= 0.6 is 0 Å². The lowest BCUT2D eigenvalue weighted by Gasteiger charge is -2.34. The molecule has 250 valence electrons. The van der Waals surface area contributed by atoms with Gasteiger partial charge < -0.3 is 29.2 Å². The van der Waals surface area contributed by atoms with Gasteiger partial charge in [0, 0.05) is 24.7 Å². The van der Waals surface area contributed by atoms with Crippen LogP contribution in [0.3, 0.4) is 0 Å². The molecule has 3 aromatic rings. The Morgan fingerprint density at radius 2 is 1.48 bits per heavy atom. The number of nitrogens with one attached hydrogen (secondary N) is 1. The zero-order chi connectivity index (χ0) is 34.0. The lowest BCUT2D eigenvalue weighted by atomic mass is 10.1. The van der Waals surface area contributed by atoms with E-state index in [1.807, 2.05) is 52.0 Å². The van der Waals surface area contributed by atoms with E-state index in [-0.39, 0.29) is 40.6 Å². The third-order valence-electron chi connectivity index (χ3n) is 7.87. The van der Waals surface area contributed by atoms with E-state index in [0.29, 0.717) is 24.3 Å². The summed E-state index contributed by atoms with van der Waals surface area (Å²) in [6, 6.07) is 15.5. The average molecular weight is 656 g/mol. The van der Waals surface area contributed by atoms with Crippen molar-refractivity contribution in [3.05, 3.63) is 71.8 Å². The third-order valence-corrected chi connectivity index (χ3v) is 9.62. The highest BCUT2D eigenvalue weighted by Crippen LogP contribution is 2.38. The highest BCUT2D eigenvalue weighted by Gasteiger charge is 2.35. The molecule has 0 saturated carbocycles. The summed E-state index contributed by atoms with van der Waals surface area (Å²) in [5.41, 5.74) is 1.85. The van der Waals surface area contributed by atoms with Crippen LogP contribution in [0.5, 0.6) is 23.0 Å². The van der Waals surface area contributed by atoms with Crippen molar-refractivity contribution >= 4 is 27.5 Å². The normalized spacial score (nSPS) is 12.4. The van der Waals surface area contributed by atoms with E-state index in [1.54, 1.807) is 12.1 Å². The molecule has 0 spiro atoms. The van der Waals surface area contributed by atoms with Crippen LogP contribution in [0.15, 0.2) is 65.6 Å². The van der Waals surface area contributed by atoms with Crippen molar-refractivity contribution in [3.8, 4) is 23.0 Å². The molecule has 3 aromatic carbocycles. The zero-order valence-electron chi connectivity index (χ0n) is 27.8. The number of hydrogen-bond donors (Lipinski definition) is 1. The average Bonchev–Trinajstić information content (AvgIpc) is 3.06. The second kappa shape index (κ2) is 16.2. The molecule has 11 nitrogen and oxygen atoms in total. The Bertz CT molecular complexity index is 1610. The Hall–Kier alpha value is -4.45. The topological polar surface area (TPSA) is 124 Å². The van der Waals surface area contributed by atoms with E-state index in [0.717, 1.165) is 15.4 Å². The first-order valence-corrected chi connectivity index (χ1v) is 16.5. The molecular formula is C34H45N3O8S. The number of rotatable bonds is 16. The number of amides is 2. The Kier molecular flexibility index (Phi) is 12.7. The minimum atomic E-state index is -4.44. The highest BCUT2D eigenvalue weighted by atomic mass is 32.2. The second-order valence-electron chi connectivity index (χ2n) is 10.8. The van der Waals surface area contributed by atoms with Gasteiger partial charge >= 0.3 is 0 Å². The van der Waals surface area contributed by atoms with E-state index < -0.39 is 28.5 Å². The van der Waals surface area contributed by atoms with Crippen LogP contribution in [0, 0.1) is 6.92 Å². The van der Waals surface area contributed by atoms with Gasteiger partial charge in [-0.15, -0.1) is 0 Å². The quantitative estimate of drug-likeness (QED) is 0.230. The van der Waals surface area contributed by atoms with Crippen LogP contribution in [0.1, 0.15) is 44.7 Å². The van der Waals surface area contributed by atoms with Crippen molar-refractivity contribution < 1.29 is 37.0 Å². The molecule has 0 fully saturated rings. The molecule has 0 aliphatic carbocycles. The number of carbonyl (C=O) groups is 2. The van der Waals surface area contributed by atoms with Gasteiger partial charge in [0.1, 0.15) is 24.1 Å². The molecule has 3 rings (SSSR count). The van der Waals surface area contributed by atoms with Crippen molar-refractivity contribution in [2.75, 3.05) is 39.3 Å². The molecule has 0 aliphatic rings. The maximum atomic E-state index is 14.5. The molecule has 0 saturated heterocycles. The Morgan fingerprint density at radius 3 is 2.07 bits per heavy atom. The summed E-state index contributed by atoms with van der Waals surface area (Å²) < 4.78 is 51.6. The summed E-state index contributed by atoms with van der Waals surface area (Å²) in [5.74, 6) is 0.193. The number of ether oxygens (including phenoxy) is 4. The summed E-state index contributed by atoms with van der Waals surface area (Å²) in [5, 5.41) is 2.99. The maximum absolute atomic E-state index is 14.5. The van der Waals surface area contributed by atoms with E-state index in [9.17, 15) is 18.0 Å². The molecule has 0 radical (unpaired) electrons. The van der Waals surface area contributed by atoms with Gasteiger partial charge in [0.05, 0.1) is 39.0 Å². The lowest BCUT2D eigenvalue weighted by molar-refractivity contribution is -0.140. The van der Waals surface area contributed by atoms with Crippen molar-refractivity contribution in [1.82, 2.24) is 10.2 Å². The van der Waals surface area contributed by atoms with Gasteiger partial charge in [-0.2, -0.15) is 0 Å². The smallest absolute Gasteiger partial charge is 0.265 e. The van der Waals surface area contributed by atoms with Gasteiger partial charge in [-0.3, -0.25) is 13.9 Å². The molecule has 0 heterocycles. The maximum Gasteiger partial charge on any atom is 0.265 e. The van der Waals surface area contributed by atoms with Crippen LogP contribution < -0.4 is 28.6 Å². The van der Waals surface area contributed by atoms with Crippen molar-refractivity contribution in [3.63, 3.8) is 0 Å². The van der Waals surface area contributed by atoms with Gasteiger partial charge in [-0.1, -0.05) is 38.1 Å². The molecule has 46 heavy (non-hydrogen) atoms. The fraction of sp³-hybridized carbons (Fsp3) is 0.412. The molecule has 0 aromatic heterocycles. The molecule has 1 N–H and O–H groups in total. The Balaban J connectivity index is 2.21. The number of sulfonamides is 1. The van der Waals surface area contributed by atoms with Crippen molar-refractivity contribution in [2.24, 2.45) is 0 Å². The number of benzene rings is 3. The Morgan fingerprint density at radius 1 is 0.826 bits per heavy atom. The minimum Gasteiger partial charge on any atom is -0.497 e. The van der Waals surface area contributed by atoms with Crippen molar-refractivity contribution in [2.45, 2.75) is 64.1 Å². The number of carbonyl (C=O) groups excluding carboxylic acids is 2. The van der Waals surface area contributed by atoms with E-state index in [1.165, 1.54) is 57.6 Å². The van der Waals surface area contributed by atoms with Crippen LogP contribution in [0.4, 0.5) is 5.69 Å². The largest absolute Gasteiger partial charge is 0.497 e. The molecule has 12 heteroatoms. The summed E-state index contributed by atoms with van der Waals surface area (Å²) >= 11 is 0. The summed E-state index contributed by atoms with van der Waals surface area (Å²) in [6.07, 6.45) is 1.02. The lowest BCUT2D eigenvalue weighted by Crippen LogP contribution is -2.53. The van der Waals surface area contributed by atoms with Crippen molar-refractivity contribution in [1.29, 1.82) is 0 Å². The number of anilines is 1. The first-order valence-electron chi connectivity index (χ1n) is 15.1. The predicted octanol–water partition coefficient (Wildman–Crippen LogP) is 4.95. The van der Waals surface area contributed by atoms with Gasteiger partial charge in [0.15, 0.2) is 11.5 Å². The molecule has 0 aliphatic heterocycles. The summed E-state index contributed by atoms with van der Waals surface area (Å²) in [4.78, 5) is 29.3. The fourth-order valence-corrected chi connectivity index (χ4v) is 6.37. The highest BCUT2D eigenvalue weighted by molar-refractivity contribution is 7.92. The molecule has 2 unspecified atom stereocenters.